The number of hydrogen-bond donors (Lipinski definition) is 1. The van der Waals surface area contributed by atoms with Gasteiger partial charge in [-0.2, -0.15) is 0 Å². The Labute approximate surface area is 88.4 Å². The summed E-state index contributed by atoms with van der Waals surface area (Å²) in [5.74, 6) is -0.253. The van der Waals surface area contributed by atoms with Gasteiger partial charge < -0.3 is 5.73 Å². The van der Waals surface area contributed by atoms with E-state index in [1.807, 2.05) is 12.2 Å². The average Bonchev–Trinajstić information content (AvgIpc) is 2.18. The summed E-state index contributed by atoms with van der Waals surface area (Å²) < 4.78 is 12.8. The number of rotatable bonds is 4. The highest BCUT2D eigenvalue weighted by molar-refractivity contribution is 6.31. The molecule has 0 aliphatic carbocycles. The predicted molar refractivity (Wildman–Crippen MR) is 57.9 cm³/mol. The number of nitrogens with two attached hydrogens (primary N) is 1. The van der Waals surface area contributed by atoms with Crippen molar-refractivity contribution in [3.8, 4) is 0 Å². The van der Waals surface area contributed by atoms with Crippen LogP contribution in [0, 0.1) is 5.82 Å². The summed E-state index contributed by atoms with van der Waals surface area (Å²) in [6, 6.07) is 4.38. The first-order valence-corrected chi connectivity index (χ1v) is 4.91. The van der Waals surface area contributed by atoms with E-state index < -0.39 is 0 Å². The Balaban J connectivity index is 2.62. The summed E-state index contributed by atoms with van der Waals surface area (Å²) in [5, 5.41) is 0.601. The van der Waals surface area contributed by atoms with Crippen molar-refractivity contribution in [3.63, 3.8) is 0 Å². The van der Waals surface area contributed by atoms with Crippen LogP contribution in [0.5, 0.6) is 0 Å². The van der Waals surface area contributed by atoms with Crippen LogP contribution in [-0.2, 0) is 6.42 Å². The normalized spacial score (nSPS) is 11.1. The molecule has 0 amide bonds. The van der Waals surface area contributed by atoms with Crippen LogP contribution in [-0.4, -0.2) is 6.54 Å². The van der Waals surface area contributed by atoms with E-state index in [1.165, 1.54) is 12.1 Å². The smallest absolute Gasteiger partial charge is 0.123 e. The molecule has 1 rings (SSSR count). The molecule has 1 aromatic carbocycles. The summed E-state index contributed by atoms with van der Waals surface area (Å²) in [4.78, 5) is 0. The van der Waals surface area contributed by atoms with Crippen LogP contribution in [0.25, 0.3) is 0 Å². The van der Waals surface area contributed by atoms with Crippen molar-refractivity contribution in [2.24, 2.45) is 5.73 Å². The Bertz CT molecular complexity index is 323. The van der Waals surface area contributed by atoms with E-state index in [4.69, 9.17) is 17.3 Å². The van der Waals surface area contributed by atoms with Crippen molar-refractivity contribution in [3.05, 3.63) is 46.8 Å². The summed E-state index contributed by atoms with van der Waals surface area (Å²) in [6.45, 7) is 0.632. The molecule has 0 unspecified atom stereocenters. The Morgan fingerprint density at radius 3 is 2.86 bits per heavy atom. The maximum absolute atomic E-state index is 12.8. The van der Waals surface area contributed by atoms with Crippen LogP contribution in [0.2, 0.25) is 5.02 Å². The van der Waals surface area contributed by atoms with Crippen LogP contribution >= 0.6 is 11.6 Å². The second-order valence-corrected chi connectivity index (χ2v) is 3.40. The van der Waals surface area contributed by atoms with Gasteiger partial charge in [-0.1, -0.05) is 23.8 Å². The minimum Gasteiger partial charge on any atom is -0.330 e. The fraction of sp³-hybridized carbons (Fsp3) is 0.273. The lowest BCUT2D eigenvalue weighted by Crippen LogP contribution is -1.95. The molecule has 0 bridgehead atoms. The van der Waals surface area contributed by atoms with Gasteiger partial charge in [0.15, 0.2) is 0 Å². The van der Waals surface area contributed by atoms with Gasteiger partial charge in [-0.15, -0.1) is 0 Å². The van der Waals surface area contributed by atoms with Crippen LogP contribution in [0.4, 0.5) is 4.39 Å². The van der Waals surface area contributed by atoms with Crippen molar-refractivity contribution < 1.29 is 4.39 Å². The third kappa shape index (κ3) is 3.48. The number of halogens is 2. The van der Waals surface area contributed by atoms with Crippen LogP contribution in [0.1, 0.15) is 12.0 Å². The van der Waals surface area contributed by atoms with Gasteiger partial charge in [0, 0.05) is 5.02 Å². The van der Waals surface area contributed by atoms with E-state index >= 15 is 0 Å². The molecule has 0 aromatic heterocycles. The van der Waals surface area contributed by atoms with Crippen LogP contribution in [0.3, 0.4) is 0 Å². The molecule has 0 saturated carbocycles. The highest BCUT2D eigenvalue weighted by Crippen LogP contribution is 2.17. The van der Waals surface area contributed by atoms with Crippen LogP contribution < -0.4 is 5.73 Å². The quantitative estimate of drug-likeness (QED) is 0.765. The van der Waals surface area contributed by atoms with Crippen molar-refractivity contribution >= 4 is 11.6 Å². The number of benzene rings is 1. The lowest BCUT2D eigenvalue weighted by Gasteiger charge is -2.00. The molecule has 0 radical (unpaired) electrons. The first kappa shape index (κ1) is 11.2. The third-order valence-corrected chi connectivity index (χ3v) is 2.21. The van der Waals surface area contributed by atoms with Gasteiger partial charge in [-0.3, -0.25) is 0 Å². The summed E-state index contributed by atoms with van der Waals surface area (Å²) in [6.07, 6.45) is 5.41. The zero-order valence-corrected chi connectivity index (χ0v) is 8.60. The van der Waals surface area contributed by atoms with Crippen LogP contribution in [0.15, 0.2) is 30.4 Å². The van der Waals surface area contributed by atoms with Crippen molar-refractivity contribution in [2.75, 3.05) is 6.54 Å². The van der Waals surface area contributed by atoms with Crippen molar-refractivity contribution in [2.45, 2.75) is 12.8 Å². The Morgan fingerprint density at radius 1 is 1.36 bits per heavy atom. The van der Waals surface area contributed by atoms with Gasteiger partial charge in [0.25, 0.3) is 0 Å². The maximum atomic E-state index is 12.8. The summed E-state index contributed by atoms with van der Waals surface area (Å²) in [5.41, 5.74) is 6.13. The minimum absolute atomic E-state index is 0.253. The monoisotopic (exact) mass is 213 g/mol. The minimum atomic E-state index is -0.253. The first-order valence-electron chi connectivity index (χ1n) is 4.53. The van der Waals surface area contributed by atoms with E-state index in [1.54, 1.807) is 6.07 Å². The Hall–Kier alpha value is -0.860. The molecule has 0 atom stereocenters. The summed E-state index contributed by atoms with van der Waals surface area (Å²) >= 11 is 5.88. The second kappa shape index (κ2) is 5.78. The molecule has 0 heterocycles. The zero-order chi connectivity index (χ0) is 10.4. The number of hydrogen-bond acceptors (Lipinski definition) is 1. The lowest BCUT2D eigenvalue weighted by atomic mass is 10.1. The molecule has 0 spiro atoms. The molecule has 1 nitrogen and oxygen atoms in total. The highest BCUT2D eigenvalue weighted by atomic mass is 35.5. The first-order chi connectivity index (χ1) is 6.74. The molecule has 0 aliphatic rings. The fourth-order valence-corrected chi connectivity index (χ4v) is 1.32. The lowest BCUT2D eigenvalue weighted by molar-refractivity contribution is 0.626. The summed E-state index contributed by atoms with van der Waals surface area (Å²) in [7, 11) is 0. The van der Waals surface area contributed by atoms with Gasteiger partial charge in [-0.05, 0) is 43.1 Å². The topological polar surface area (TPSA) is 26.0 Å². The van der Waals surface area contributed by atoms with Gasteiger partial charge in [-0.25, -0.2) is 4.39 Å². The molecule has 0 aliphatic heterocycles. The number of allylic oxidation sites excluding steroid dienone is 1. The highest BCUT2D eigenvalue weighted by Gasteiger charge is 1.99. The van der Waals surface area contributed by atoms with Gasteiger partial charge in [0.2, 0.25) is 0 Å². The van der Waals surface area contributed by atoms with Crippen molar-refractivity contribution in [1.29, 1.82) is 0 Å². The third-order valence-electron chi connectivity index (χ3n) is 1.85. The molecule has 14 heavy (non-hydrogen) atoms. The molecule has 0 fully saturated rings. The van der Waals surface area contributed by atoms with E-state index in [2.05, 4.69) is 0 Å². The molecule has 2 N–H and O–H groups in total. The van der Waals surface area contributed by atoms with E-state index in [-0.39, 0.29) is 5.82 Å². The van der Waals surface area contributed by atoms with Gasteiger partial charge >= 0.3 is 0 Å². The van der Waals surface area contributed by atoms with E-state index in [9.17, 15) is 4.39 Å². The molecule has 1 aromatic rings. The molecular weight excluding hydrogens is 201 g/mol. The second-order valence-electron chi connectivity index (χ2n) is 2.99. The average molecular weight is 214 g/mol. The SMILES string of the molecule is NCC/C=C/Cc1cc(F)ccc1Cl. The Kier molecular flexibility index (Phi) is 4.63. The molecule has 3 heteroatoms. The molecule has 76 valence electrons. The fourth-order valence-electron chi connectivity index (χ4n) is 1.12. The van der Waals surface area contributed by atoms with Crippen molar-refractivity contribution in [1.82, 2.24) is 0 Å². The molecular formula is C11H13ClFN. The zero-order valence-electron chi connectivity index (χ0n) is 7.84. The standard InChI is InChI=1S/C11H13ClFN/c12-11-6-5-10(13)8-9(11)4-2-1-3-7-14/h1-2,5-6,8H,3-4,7,14H2/b2-1+. The maximum Gasteiger partial charge on any atom is 0.123 e. The molecule has 0 saturated heterocycles. The van der Waals surface area contributed by atoms with E-state index in [0.717, 1.165) is 12.0 Å². The Morgan fingerprint density at radius 2 is 2.14 bits per heavy atom. The van der Waals surface area contributed by atoms with Gasteiger partial charge in [0.05, 0.1) is 0 Å². The largest absolute Gasteiger partial charge is 0.330 e. The predicted octanol–water partition coefficient (Wildman–Crippen LogP) is 2.93. The van der Waals surface area contributed by atoms with E-state index in [0.29, 0.717) is 18.0 Å². The van der Waals surface area contributed by atoms with Gasteiger partial charge in [0.1, 0.15) is 5.82 Å².